The van der Waals surface area contributed by atoms with Crippen LogP contribution in [0.25, 0.3) is 16.5 Å². The molecule has 0 unspecified atom stereocenters. The first-order chi connectivity index (χ1) is 19.1. The number of nitrogens with one attached hydrogen (secondary N) is 2. The first kappa shape index (κ1) is 24.8. The van der Waals surface area contributed by atoms with Gasteiger partial charge in [-0.3, -0.25) is 9.78 Å². The Labute approximate surface area is 231 Å². The van der Waals surface area contributed by atoms with Crippen molar-refractivity contribution < 1.29 is 9.18 Å². The van der Waals surface area contributed by atoms with E-state index in [0.717, 1.165) is 27.8 Å². The molecule has 5 aromatic rings. The topological polar surface area (TPSA) is 62.2 Å². The second kappa shape index (κ2) is 10.7. The number of hydrogen-bond acceptors (Lipinski definition) is 3. The molecule has 2 atom stereocenters. The highest BCUT2D eigenvalue weighted by Gasteiger charge is 2.41. The van der Waals surface area contributed by atoms with Gasteiger partial charge in [0.2, 0.25) is 5.91 Å². The Hall–Kier alpha value is -4.56. The third kappa shape index (κ3) is 4.98. The molecule has 3 heterocycles. The summed E-state index contributed by atoms with van der Waals surface area (Å²) in [5.74, 6) is -0.412. The van der Waals surface area contributed by atoms with E-state index < -0.39 is 0 Å². The minimum absolute atomic E-state index is 0.102. The van der Waals surface area contributed by atoms with Gasteiger partial charge >= 0.3 is 0 Å². The van der Waals surface area contributed by atoms with E-state index in [-0.39, 0.29) is 30.2 Å². The van der Waals surface area contributed by atoms with Crippen LogP contribution in [-0.2, 0) is 4.79 Å². The highest BCUT2D eigenvalue weighted by molar-refractivity contribution is 7.80. The number of nitrogens with zero attached hydrogens (tertiary/aromatic N) is 3. The number of aromatic nitrogens is 2. The van der Waals surface area contributed by atoms with Gasteiger partial charge in [0, 0.05) is 47.8 Å². The molecule has 6 nitrogen and oxygen atoms in total. The zero-order valence-corrected chi connectivity index (χ0v) is 21.8. The van der Waals surface area contributed by atoms with Crippen molar-refractivity contribution in [1.82, 2.24) is 19.8 Å². The normalized spacial score (nSPS) is 16.8. The molecule has 0 saturated carbocycles. The summed E-state index contributed by atoms with van der Waals surface area (Å²) in [6.45, 7) is 0.394. The van der Waals surface area contributed by atoms with Crippen molar-refractivity contribution in [2.24, 2.45) is 0 Å². The van der Waals surface area contributed by atoms with E-state index >= 15 is 0 Å². The van der Waals surface area contributed by atoms with Gasteiger partial charge < -0.3 is 20.1 Å². The van der Waals surface area contributed by atoms with Crippen LogP contribution >= 0.6 is 12.2 Å². The lowest BCUT2D eigenvalue weighted by Gasteiger charge is -2.29. The monoisotopic (exact) mass is 535 g/mol. The number of hydrogen-bond donors (Lipinski definition) is 2. The Kier molecular flexibility index (Phi) is 6.77. The van der Waals surface area contributed by atoms with Crippen LogP contribution in [0.3, 0.4) is 0 Å². The van der Waals surface area contributed by atoms with Gasteiger partial charge in [-0.1, -0.05) is 48.5 Å². The maximum Gasteiger partial charge on any atom is 0.226 e. The summed E-state index contributed by atoms with van der Waals surface area (Å²) in [4.78, 5) is 19.7. The molecule has 0 aliphatic carbocycles. The van der Waals surface area contributed by atoms with Gasteiger partial charge in [0.15, 0.2) is 5.11 Å². The minimum Gasteiger partial charge on any atom is -0.352 e. The molecule has 0 radical (unpaired) electrons. The molecular formula is C31H26FN5OS. The van der Waals surface area contributed by atoms with E-state index in [4.69, 9.17) is 12.2 Å². The molecular weight excluding hydrogens is 509 g/mol. The third-order valence-electron chi connectivity index (χ3n) is 7.01. The lowest BCUT2D eigenvalue weighted by molar-refractivity contribution is -0.116. The smallest absolute Gasteiger partial charge is 0.226 e. The van der Waals surface area contributed by atoms with Crippen LogP contribution in [0.2, 0.25) is 0 Å². The maximum atomic E-state index is 14.1. The summed E-state index contributed by atoms with van der Waals surface area (Å²) in [6, 6.07) is 29.5. The number of benzene rings is 3. The lowest BCUT2D eigenvalue weighted by atomic mass is 10.0. The second-order valence-corrected chi connectivity index (χ2v) is 9.81. The predicted octanol–water partition coefficient (Wildman–Crippen LogP) is 6.17. The Morgan fingerprint density at radius 3 is 2.64 bits per heavy atom. The molecule has 1 aliphatic heterocycles. The molecule has 2 N–H and O–H groups in total. The zero-order valence-electron chi connectivity index (χ0n) is 21.0. The van der Waals surface area contributed by atoms with Gasteiger partial charge in [0.1, 0.15) is 5.82 Å². The Bertz CT molecular complexity index is 1650. The van der Waals surface area contributed by atoms with Gasteiger partial charge in [-0.15, -0.1) is 0 Å². The third-order valence-corrected chi connectivity index (χ3v) is 7.36. The largest absolute Gasteiger partial charge is 0.352 e. The van der Waals surface area contributed by atoms with Crippen LogP contribution in [0, 0.1) is 5.82 Å². The molecule has 0 spiro atoms. The van der Waals surface area contributed by atoms with Crippen molar-refractivity contribution in [2.75, 3.05) is 11.9 Å². The standard InChI is InChI=1S/C31H26FN5OS/c32-22-10-6-11-23(20-22)36-18-7-15-27(36)30-29(26-13-3-4-17-33-26)35-31(39)37(30)19-16-28(38)34-25-14-5-9-21-8-1-2-12-24(21)25/h1-15,17-18,20,29-30H,16,19H2,(H,34,38)(H,35,39)/t29-,30+/m0/s1. The maximum absolute atomic E-state index is 14.1. The number of pyridine rings is 1. The predicted molar refractivity (Wildman–Crippen MR) is 155 cm³/mol. The van der Waals surface area contributed by atoms with Gasteiger partial charge in [0.25, 0.3) is 0 Å². The SMILES string of the molecule is O=C(CCN1C(=S)N[C@@H](c2ccccn2)[C@H]1c1cccn1-c1cccc(F)c1)Nc1cccc2ccccc12. The average Bonchev–Trinajstić information content (AvgIpc) is 3.57. The van der Waals surface area contributed by atoms with Crippen LogP contribution in [0.1, 0.15) is 29.9 Å². The molecule has 3 aromatic carbocycles. The number of amides is 1. The summed E-state index contributed by atoms with van der Waals surface area (Å²) in [7, 11) is 0. The molecule has 1 aliphatic rings. The fourth-order valence-electron chi connectivity index (χ4n) is 5.23. The van der Waals surface area contributed by atoms with Crippen molar-refractivity contribution in [1.29, 1.82) is 0 Å². The molecule has 1 fully saturated rings. The lowest BCUT2D eigenvalue weighted by Crippen LogP contribution is -2.33. The average molecular weight is 536 g/mol. The van der Waals surface area contributed by atoms with Crippen LogP contribution < -0.4 is 10.6 Å². The van der Waals surface area contributed by atoms with Crippen LogP contribution in [-0.4, -0.2) is 32.0 Å². The first-order valence-corrected chi connectivity index (χ1v) is 13.2. The molecule has 8 heteroatoms. The highest BCUT2D eigenvalue weighted by Crippen LogP contribution is 2.39. The van der Waals surface area contributed by atoms with E-state index in [1.807, 2.05) is 94.5 Å². The van der Waals surface area contributed by atoms with Gasteiger partial charge in [-0.25, -0.2) is 4.39 Å². The first-order valence-electron chi connectivity index (χ1n) is 12.8. The number of carbonyl (C=O) groups is 1. The number of carbonyl (C=O) groups excluding carboxylic acids is 1. The quantitative estimate of drug-likeness (QED) is 0.244. The van der Waals surface area contributed by atoms with E-state index in [1.165, 1.54) is 12.1 Å². The number of fused-ring (bicyclic) bond motifs is 1. The molecule has 194 valence electrons. The van der Waals surface area contributed by atoms with Crippen molar-refractivity contribution in [3.63, 3.8) is 0 Å². The number of rotatable bonds is 7. The van der Waals surface area contributed by atoms with Gasteiger partial charge in [-0.2, -0.15) is 0 Å². The Morgan fingerprint density at radius 2 is 1.79 bits per heavy atom. The van der Waals surface area contributed by atoms with Gasteiger partial charge in [0.05, 0.1) is 17.8 Å². The molecule has 0 bridgehead atoms. The van der Waals surface area contributed by atoms with E-state index in [2.05, 4.69) is 15.6 Å². The minimum atomic E-state index is -0.310. The number of thiocarbonyl (C=S) groups is 1. The molecule has 2 aromatic heterocycles. The summed E-state index contributed by atoms with van der Waals surface area (Å²) in [6.07, 6.45) is 3.90. The summed E-state index contributed by atoms with van der Waals surface area (Å²) < 4.78 is 16.1. The van der Waals surface area contributed by atoms with E-state index in [9.17, 15) is 9.18 Å². The van der Waals surface area contributed by atoms with Crippen LogP contribution in [0.4, 0.5) is 10.1 Å². The molecule has 1 amide bonds. The molecule has 6 rings (SSSR count). The summed E-state index contributed by atoms with van der Waals surface area (Å²) in [5, 5.41) is 9.10. The van der Waals surface area contributed by atoms with Crippen LogP contribution in [0.5, 0.6) is 0 Å². The molecule has 1 saturated heterocycles. The highest BCUT2D eigenvalue weighted by atomic mass is 32.1. The van der Waals surface area contributed by atoms with Crippen molar-refractivity contribution >= 4 is 39.7 Å². The van der Waals surface area contributed by atoms with Crippen molar-refractivity contribution in [3.05, 3.63) is 127 Å². The zero-order chi connectivity index (χ0) is 26.8. The van der Waals surface area contributed by atoms with Crippen molar-refractivity contribution in [2.45, 2.75) is 18.5 Å². The number of halogens is 1. The second-order valence-electron chi connectivity index (χ2n) is 9.43. The van der Waals surface area contributed by atoms with Gasteiger partial charge in [-0.05, 0) is 66.1 Å². The fourth-order valence-corrected chi connectivity index (χ4v) is 5.57. The fraction of sp³-hybridized carbons (Fsp3) is 0.129. The summed E-state index contributed by atoms with van der Waals surface area (Å²) >= 11 is 5.78. The van der Waals surface area contributed by atoms with Crippen molar-refractivity contribution in [3.8, 4) is 5.69 Å². The Morgan fingerprint density at radius 1 is 0.974 bits per heavy atom. The van der Waals surface area contributed by atoms with Crippen LogP contribution in [0.15, 0.2) is 109 Å². The molecule has 39 heavy (non-hydrogen) atoms. The summed E-state index contributed by atoms with van der Waals surface area (Å²) in [5.41, 5.74) is 3.24. The van der Waals surface area contributed by atoms with E-state index in [1.54, 1.807) is 12.3 Å². The van der Waals surface area contributed by atoms with E-state index in [0.29, 0.717) is 17.3 Å². The Balaban J connectivity index is 1.29. The number of anilines is 1.